The van der Waals surface area contributed by atoms with E-state index < -0.39 is 0 Å². The topological polar surface area (TPSA) is 41.6 Å². The first-order valence-corrected chi connectivity index (χ1v) is 5.73. The summed E-state index contributed by atoms with van der Waals surface area (Å²) in [5, 5.41) is 0. The predicted molar refractivity (Wildman–Crippen MR) is 67.5 cm³/mol. The van der Waals surface area contributed by atoms with Crippen LogP contribution < -0.4 is 10.6 Å². The van der Waals surface area contributed by atoms with Crippen molar-refractivity contribution >= 4 is 27.6 Å². The van der Waals surface area contributed by atoms with Crippen LogP contribution in [0, 0.1) is 13.8 Å². The number of aryl methyl sites for hydroxylation is 2. The van der Waals surface area contributed by atoms with Crippen molar-refractivity contribution in [3.05, 3.63) is 27.7 Å². The van der Waals surface area contributed by atoms with Crippen LogP contribution in [0.5, 0.6) is 0 Å². The smallest absolute Gasteiger partial charge is 0.195 e. The van der Waals surface area contributed by atoms with Gasteiger partial charge in [0.05, 0.1) is 12.2 Å². The first-order valence-electron chi connectivity index (χ1n) is 4.94. The van der Waals surface area contributed by atoms with Gasteiger partial charge in [-0.1, -0.05) is 6.07 Å². The van der Waals surface area contributed by atoms with Gasteiger partial charge in [-0.2, -0.15) is 0 Å². The molecule has 2 rings (SSSR count). The molecule has 1 aromatic carbocycles. The summed E-state index contributed by atoms with van der Waals surface area (Å²) in [6.45, 7) is 5.83. The molecule has 3 nitrogen and oxygen atoms in total. The molecule has 0 fully saturated rings. The molecule has 15 heavy (non-hydrogen) atoms. The number of hydrogen-bond acceptors (Lipinski definition) is 3. The number of halogens is 1. The largest absolute Gasteiger partial charge is 0.370 e. The van der Waals surface area contributed by atoms with Crippen molar-refractivity contribution in [3.8, 4) is 0 Å². The van der Waals surface area contributed by atoms with Crippen LogP contribution in [0.4, 0.5) is 5.69 Å². The lowest BCUT2D eigenvalue weighted by Gasteiger charge is -2.22. The minimum absolute atomic E-state index is 0.614. The summed E-state index contributed by atoms with van der Waals surface area (Å²) >= 11 is 3.58. The van der Waals surface area contributed by atoms with Gasteiger partial charge in [-0.15, -0.1) is 0 Å². The first kappa shape index (κ1) is 10.5. The van der Waals surface area contributed by atoms with E-state index in [0.717, 1.165) is 23.2 Å². The van der Waals surface area contributed by atoms with Crippen molar-refractivity contribution in [2.45, 2.75) is 13.8 Å². The lowest BCUT2D eigenvalue weighted by Crippen LogP contribution is -2.34. The standard InChI is InChI=1S/C11H14BrN3/c1-7-5-8(2)10(9(12)6-7)15-4-3-14-11(15)13/h5-6H,3-4H2,1-2H3,(H2,13,14). The molecule has 0 amide bonds. The average molecular weight is 268 g/mol. The van der Waals surface area contributed by atoms with Gasteiger partial charge in [0.1, 0.15) is 0 Å². The summed E-state index contributed by atoms with van der Waals surface area (Å²) in [5.74, 6) is 0.614. The zero-order chi connectivity index (χ0) is 11.0. The maximum absolute atomic E-state index is 5.84. The van der Waals surface area contributed by atoms with E-state index in [9.17, 15) is 0 Å². The summed E-state index contributed by atoms with van der Waals surface area (Å²) in [4.78, 5) is 6.25. The maximum atomic E-state index is 5.84. The number of nitrogens with zero attached hydrogens (tertiary/aromatic N) is 2. The van der Waals surface area contributed by atoms with Crippen LogP contribution >= 0.6 is 15.9 Å². The Morgan fingerprint density at radius 1 is 1.40 bits per heavy atom. The van der Waals surface area contributed by atoms with Gasteiger partial charge in [-0.05, 0) is 47.0 Å². The van der Waals surface area contributed by atoms with E-state index in [1.165, 1.54) is 11.1 Å². The van der Waals surface area contributed by atoms with Crippen LogP contribution in [0.2, 0.25) is 0 Å². The lowest BCUT2D eigenvalue weighted by molar-refractivity contribution is 1.01. The third-order valence-electron chi connectivity index (χ3n) is 2.54. The quantitative estimate of drug-likeness (QED) is 0.848. The van der Waals surface area contributed by atoms with Gasteiger partial charge in [-0.3, -0.25) is 4.99 Å². The van der Waals surface area contributed by atoms with Crippen LogP contribution in [0.1, 0.15) is 11.1 Å². The minimum atomic E-state index is 0.614. The summed E-state index contributed by atoms with van der Waals surface area (Å²) in [6, 6.07) is 4.26. The molecular formula is C11H14BrN3. The Kier molecular flexibility index (Phi) is 2.69. The molecule has 0 atom stereocenters. The summed E-state index contributed by atoms with van der Waals surface area (Å²) in [7, 11) is 0. The van der Waals surface area contributed by atoms with Crippen molar-refractivity contribution in [2.75, 3.05) is 18.0 Å². The summed E-state index contributed by atoms with van der Waals surface area (Å²) in [5.41, 5.74) is 9.45. The predicted octanol–water partition coefficient (Wildman–Crippen LogP) is 2.20. The van der Waals surface area contributed by atoms with Crippen molar-refractivity contribution in [1.29, 1.82) is 0 Å². The molecular weight excluding hydrogens is 254 g/mol. The number of benzene rings is 1. The third-order valence-corrected chi connectivity index (χ3v) is 3.15. The van der Waals surface area contributed by atoms with Gasteiger partial charge in [0.25, 0.3) is 0 Å². The van der Waals surface area contributed by atoms with E-state index in [4.69, 9.17) is 5.73 Å². The van der Waals surface area contributed by atoms with Crippen LogP contribution in [0.25, 0.3) is 0 Å². The van der Waals surface area contributed by atoms with Gasteiger partial charge < -0.3 is 10.6 Å². The molecule has 1 heterocycles. The van der Waals surface area contributed by atoms with Crippen LogP contribution in [0.3, 0.4) is 0 Å². The number of anilines is 1. The number of nitrogens with two attached hydrogens (primary N) is 1. The van der Waals surface area contributed by atoms with Gasteiger partial charge in [0.15, 0.2) is 5.96 Å². The SMILES string of the molecule is Cc1cc(C)c(N2CCN=C2N)c(Br)c1. The summed E-state index contributed by atoms with van der Waals surface area (Å²) in [6.07, 6.45) is 0. The molecule has 0 unspecified atom stereocenters. The Balaban J connectivity index is 2.48. The van der Waals surface area contributed by atoms with E-state index in [1.807, 2.05) is 0 Å². The fourth-order valence-electron chi connectivity index (χ4n) is 1.94. The highest BCUT2D eigenvalue weighted by atomic mass is 79.9. The second-order valence-electron chi connectivity index (χ2n) is 3.80. The van der Waals surface area contributed by atoms with E-state index in [0.29, 0.717) is 5.96 Å². The molecule has 2 N–H and O–H groups in total. The molecule has 0 aromatic heterocycles. The monoisotopic (exact) mass is 267 g/mol. The number of rotatable bonds is 1. The molecule has 4 heteroatoms. The van der Waals surface area contributed by atoms with Crippen molar-refractivity contribution < 1.29 is 0 Å². The molecule has 0 spiro atoms. The molecule has 0 aliphatic carbocycles. The Morgan fingerprint density at radius 3 is 2.67 bits per heavy atom. The van der Waals surface area contributed by atoms with Crippen LogP contribution in [-0.4, -0.2) is 19.0 Å². The average Bonchev–Trinajstić information content (AvgIpc) is 2.50. The molecule has 80 valence electrons. The first-order chi connectivity index (χ1) is 7.09. The second-order valence-corrected chi connectivity index (χ2v) is 4.66. The second kappa shape index (κ2) is 3.85. The van der Waals surface area contributed by atoms with Crippen LogP contribution in [-0.2, 0) is 0 Å². The van der Waals surface area contributed by atoms with Gasteiger partial charge >= 0.3 is 0 Å². The van der Waals surface area contributed by atoms with Gasteiger partial charge in [0.2, 0.25) is 0 Å². The highest BCUT2D eigenvalue weighted by Crippen LogP contribution is 2.32. The fourth-order valence-corrected chi connectivity index (χ4v) is 2.83. The number of aliphatic imine (C=N–C) groups is 1. The normalized spacial score (nSPS) is 15.7. The lowest BCUT2D eigenvalue weighted by atomic mass is 10.1. The zero-order valence-corrected chi connectivity index (χ0v) is 10.5. The summed E-state index contributed by atoms with van der Waals surface area (Å²) < 4.78 is 1.08. The maximum Gasteiger partial charge on any atom is 0.195 e. The van der Waals surface area contributed by atoms with Crippen molar-refractivity contribution in [2.24, 2.45) is 10.7 Å². The Bertz CT molecular complexity index is 403. The Morgan fingerprint density at radius 2 is 2.13 bits per heavy atom. The Hall–Kier alpha value is -1.03. The van der Waals surface area contributed by atoms with Crippen molar-refractivity contribution in [1.82, 2.24) is 0 Å². The molecule has 0 saturated carbocycles. The highest BCUT2D eigenvalue weighted by molar-refractivity contribution is 9.10. The molecule has 0 radical (unpaired) electrons. The highest BCUT2D eigenvalue weighted by Gasteiger charge is 2.19. The van der Waals surface area contributed by atoms with E-state index >= 15 is 0 Å². The van der Waals surface area contributed by atoms with E-state index in [-0.39, 0.29) is 0 Å². The van der Waals surface area contributed by atoms with Crippen LogP contribution in [0.15, 0.2) is 21.6 Å². The van der Waals surface area contributed by atoms with Gasteiger partial charge in [0, 0.05) is 11.0 Å². The van der Waals surface area contributed by atoms with E-state index in [2.05, 4.69) is 51.8 Å². The van der Waals surface area contributed by atoms with Crippen molar-refractivity contribution in [3.63, 3.8) is 0 Å². The molecule has 1 aliphatic heterocycles. The molecule has 1 aliphatic rings. The number of hydrogen-bond donors (Lipinski definition) is 1. The minimum Gasteiger partial charge on any atom is -0.370 e. The van der Waals surface area contributed by atoms with Gasteiger partial charge in [-0.25, -0.2) is 0 Å². The Labute approximate surface area is 98.1 Å². The van der Waals surface area contributed by atoms with E-state index in [1.54, 1.807) is 0 Å². The number of guanidine groups is 1. The fraction of sp³-hybridized carbons (Fsp3) is 0.364. The zero-order valence-electron chi connectivity index (χ0n) is 8.92. The third kappa shape index (κ3) is 1.86. The molecule has 0 saturated heterocycles. The molecule has 0 bridgehead atoms. The molecule has 1 aromatic rings.